The summed E-state index contributed by atoms with van der Waals surface area (Å²) in [4.78, 5) is 22.6. The van der Waals surface area contributed by atoms with Crippen LogP contribution in [-0.4, -0.2) is 63.2 Å². The average Bonchev–Trinajstić information content (AvgIpc) is 3.17. The number of pyridine rings is 1. The van der Waals surface area contributed by atoms with Crippen LogP contribution >= 0.6 is 0 Å². The van der Waals surface area contributed by atoms with Crippen LogP contribution in [0.3, 0.4) is 0 Å². The third-order valence-corrected chi connectivity index (χ3v) is 5.46. The Morgan fingerprint density at radius 2 is 1.82 bits per heavy atom. The lowest BCUT2D eigenvalue weighted by molar-refractivity contribution is 0.0645. The molecule has 1 amide bonds. The first-order valence-electron chi connectivity index (χ1n) is 10.0. The van der Waals surface area contributed by atoms with Gasteiger partial charge in [0.15, 0.2) is 5.65 Å². The third kappa shape index (κ3) is 3.40. The standard InChI is InChI=1S/C22H27N5O/c1-4-25-10-12-26(13-11-25)22(28)18-14-20(17-8-6-5-7-9-17)24-21-19(18)15-23-27(21)16(2)3/h5-9,14-16H,4,10-13H2,1-3H3. The number of hydrogen-bond donors (Lipinski definition) is 0. The molecule has 1 saturated heterocycles. The zero-order valence-electron chi connectivity index (χ0n) is 16.8. The van der Waals surface area contributed by atoms with Gasteiger partial charge >= 0.3 is 0 Å². The van der Waals surface area contributed by atoms with Crippen LogP contribution in [0.25, 0.3) is 22.3 Å². The summed E-state index contributed by atoms with van der Waals surface area (Å²) >= 11 is 0. The van der Waals surface area contributed by atoms with Crippen LogP contribution in [0.4, 0.5) is 0 Å². The molecule has 1 aliphatic heterocycles. The zero-order chi connectivity index (χ0) is 19.7. The van der Waals surface area contributed by atoms with Gasteiger partial charge in [-0.1, -0.05) is 37.3 Å². The van der Waals surface area contributed by atoms with Crippen LogP contribution in [-0.2, 0) is 0 Å². The van der Waals surface area contributed by atoms with E-state index in [0.717, 1.165) is 55.0 Å². The Kier molecular flexibility index (Phi) is 5.13. The van der Waals surface area contributed by atoms with Crippen LogP contribution in [0.5, 0.6) is 0 Å². The fourth-order valence-corrected chi connectivity index (χ4v) is 3.77. The molecule has 0 aliphatic carbocycles. The van der Waals surface area contributed by atoms with Crippen molar-refractivity contribution in [3.63, 3.8) is 0 Å². The van der Waals surface area contributed by atoms with Gasteiger partial charge in [-0.05, 0) is 26.5 Å². The molecular formula is C22H27N5O. The Balaban J connectivity index is 1.79. The number of amides is 1. The molecule has 1 aliphatic rings. The molecule has 0 bridgehead atoms. The van der Waals surface area contributed by atoms with Crippen LogP contribution in [0.2, 0.25) is 0 Å². The smallest absolute Gasteiger partial charge is 0.254 e. The molecule has 0 spiro atoms. The SMILES string of the molecule is CCN1CCN(C(=O)c2cc(-c3ccccc3)nc3c2cnn3C(C)C)CC1. The van der Waals surface area contributed by atoms with Gasteiger partial charge in [-0.25, -0.2) is 9.67 Å². The quantitative estimate of drug-likeness (QED) is 0.699. The van der Waals surface area contributed by atoms with E-state index in [1.807, 2.05) is 46.0 Å². The number of hydrogen-bond acceptors (Lipinski definition) is 4. The van der Waals surface area contributed by atoms with Gasteiger partial charge in [0.1, 0.15) is 0 Å². The predicted octanol–water partition coefficient (Wildman–Crippen LogP) is 3.46. The first kappa shape index (κ1) is 18.6. The summed E-state index contributed by atoms with van der Waals surface area (Å²) in [5, 5.41) is 5.35. The lowest BCUT2D eigenvalue weighted by atomic mass is 10.1. The van der Waals surface area contributed by atoms with E-state index in [4.69, 9.17) is 4.98 Å². The number of likely N-dealkylation sites (N-methyl/N-ethyl adjacent to an activating group) is 1. The van der Waals surface area contributed by atoms with Crippen LogP contribution in [0.15, 0.2) is 42.6 Å². The van der Waals surface area contributed by atoms with Crippen molar-refractivity contribution in [1.82, 2.24) is 24.6 Å². The number of piperazine rings is 1. The fraction of sp³-hybridized carbons (Fsp3) is 0.409. The van der Waals surface area contributed by atoms with E-state index in [1.54, 1.807) is 6.20 Å². The first-order chi connectivity index (χ1) is 13.6. The molecule has 1 fully saturated rings. The Morgan fingerprint density at radius 1 is 1.11 bits per heavy atom. The van der Waals surface area contributed by atoms with Crippen LogP contribution < -0.4 is 0 Å². The number of fused-ring (bicyclic) bond motifs is 1. The van der Waals surface area contributed by atoms with Crippen molar-refractivity contribution < 1.29 is 4.79 Å². The number of carbonyl (C=O) groups is 1. The number of aromatic nitrogens is 3. The molecule has 146 valence electrons. The van der Waals surface area contributed by atoms with E-state index in [1.165, 1.54) is 0 Å². The summed E-state index contributed by atoms with van der Waals surface area (Å²) in [6.45, 7) is 10.7. The highest BCUT2D eigenvalue weighted by molar-refractivity contribution is 6.06. The maximum absolute atomic E-state index is 13.4. The zero-order valence-corrected chi connectivity index (χ0v) is 16.8. The Hall–Kier alpha value is -2.73. The Bertz CT molecular complexity index is 971. The van der Waals surface area contributed by atoms with Crippen molar-refractivity contribution in [2.45, 2.75) is 26.8 Å². The minimum absolute atomic E-state index is 0.0728. The van der Waals surface area contributed by atoms with E-state index in [2.05, 4.69) is 30.8 Å². The molecule has 6 heteroatoms. The molecule has 2 aromatic heterocycles. The van der Waals surface area contributed by atoms with Crippen molar-refractivity contribution in [3.8, 4) is 11.3 Å². The summed E-state index contributed by atoms with van der Waals surface area (Å²) in [6.07, 6.45) is 1.78. The monoisotopic (exact) mass is 377 g/mol. The normalized spacial score (nSPS) is 15.5. The number of benzene rings is 1. The molecule has 0 atom stereocenters. The van der Waals surface area contributed by atoms with E-state index < -0.39 is 0 Å². The summed E-state index contributed by atoms with van der Waals surface area (Å²) in [7, 11) is 0. The van der Waals surface area contributed by atoms with Crippen LogP contribution in [0.1, 0.15) is 37.2 Å². The number of nitrogens with zero attached hydrogens (tertiary/aromatic N) is 5. The second-order valence-corrected chi connectivity index (χ2v) is 7.57. The highest BCUT2D eigenvalue weighted by atomic mass is 16.2. The second kappa shape index (κ2) is 7.72. The molecule has 0 N–H and O–H groups in total. The summed E-state index contributed by atoms with van der Waals surface area (Å²) < 4.78 is 1.90. The average molecular weight is 377 g/mol. The van der Waals surface area contributed by atoms with Crippen molar-refractivity contribution >= 4 is 16.9 Å². The van der Waals surface area contributed by atoms with Crippen LogP contribution in [0, 0.1) is 0 Å². The molecule has 4 rings (SSSR count). The molecule has 0 unspecified atom stereocenters. The first-order valence-corrected chi connectivity index (χ1v) is 10.0. The lowest BCUT2D eigenvalue weighted by Crippen LogP contribution is -2.48. The molecule has 28 heavy (non-hydrogen) atoms. The van der Waals surface area contributed by atoms with Crippen molar-refractivity contribution in [3.05, 3.63) is 48.2 Å². The molecule has 1 aromatic carbocycles. The minimum atomic E-state index is 0.0728. The summed E-state index contributed by atoms with van der Waals surface area (Å²) in [5.41, 5.74) is 3.28. The number of carbonyl (C=O) groups excluding carboxylic acids is 1. The minimum Gasteiger partial charge on any atom is -0.336 e. The highest BCUT2D eigenvalue weighted by Gasteiger charge is 2.25. The summed E-state index contributed by atoms with van der Waals surface area (Å²) in [5.74, 6) is 0.0728. The molecule has 6 nitrogen and oxygen atoms in total. The van der Waals surface area contributed by atoms with Gasteiger partial charge < -0.3 is 9.80 Å². The highest BCUT2D eigenvalue weighted by Crippen LogP contribution is 2.27. The summed E-state index contributed by atoms with van der Waals surface area (Å²) in [6, 6.07) is 12.1. The van der Waals surface area contributed by atoms with Gasteiger partial charge in [-0.15, -0.1) is 0 Å². The van der Waals surface area contributed by atoms with Crippen molar-refractivity contribution in [1.29, 1.82) is 0 Å². The maximum Gasteiger partial charge on any atom is 0.254 e. The van der Waals surface area contributed by atoms with E-state index >= 15 is 0 Å². The largest absolute Gasteiger partial charge is 0.336 e. The predicted molar refractivity (Wildman–Crippen MR) is 111 cm³/mol. The van der Waals surface area contributed by atoms with E-state index in [-0.39, 0.29) is 11.9 Å². The van der Waals surface area contributed by atoms with E-state index in [0.29, 0.717) is 5.56 Å². The topological polar surface area (TPSA) is 54.3 Å². The van der Waals surface area contributed by atoms with Gasteiger partial charge in [-0.2, -0.15) is 5.10 Å². The molecular weight excluding hydrogens is 350 g/mol. The lowest BCUT2D eigenvalue weighted by Gasteiger charge is -2.34. The Labute approximate surface area is 165 Å². The van der Waals surface area contributed by atoms with Crippen molar-refractivity contribution in [2.24, 2.45) is 0 Å². The van der Waals surface area contributed by atoms with Gasteiger partial charge in [0, 0.05) is 37.8 Å². The fourth-order valence-electron chi connectivity index (χ4n) is 3.77. The Morgan fingerprint density at radius 3 is 2.46 bits per heavy atom. The van der Waals surface area contributed by atoms with Crippen molar-refractivity contribution in [2.75, 3.05) is 32.7 Å². The van der Waals surface area contributed by atoms with Gasteiger partial charge in [0.05, 0.1) is 22.8 Å². The van der Waals surface area contributed by atoms with E-state index in [9.17, 15) is 4.79 Å². The molecule has 0 radical (unpaired) electrons. The van der Waals surface area contributed by atoms with Gasteiger partial charge in [0.25, 0.3) is 5.91 Å². The number of rotatable bonds is 4. The second-order valence-electron chi connectivity index (χ2n) is 7.57. The van der Waals surface area contributed by atoms with Gasteiger partial charge in [0.2, 0.25) is 0 Å². The molecule has 3 heterocycles. The molecule has 3 aromatic rings. The third-order valence-electron chi connectivity index (χ3n) is 5.46. The van der Waals surface area contributed by atoms with Gasteiger partial charge in [-0.3, -0.25) is 4.79 Å². The molecule has 0 saturated carbocycles. The maximum atomic E-state index is 13.4.